The van der Waals surface area contributed by atoms with Crippen LogP contribution in [0.15, 0.2) is 22.0 Å². The van der Waals surface area contributed by atoms with Crippen LogP contribution in [0.1, 0.15) is 11.3 Å². The van der Waals surface area contributed by atoms with E-state index in [2.05, 4.69) is 20.8 Å². The van der Waals surface area contributed by atoms with Gasteiger partial charge in [-0.1, -0.05) is 0 Å². The second-order valence-electron chi connectivity index (χ2n) is 4.72. The minimum Gasteiger partial charge on any atom is -0.395 e. The first-order valence-corrected chi connectivity index (χ1v) is 8.35. The predicted octanol–water partition coefficient (Wildman–Crippen LogP) is 2.05. The molecule has 2 heterocycles. The zero-order valence-corrected chi connectivity index (χ0v) is 13.7. The highest BCUT2D eigenvalue weighted by molar-refractivity contribution is 9.11. The Hall–Kier alpha value is -0.690. The predicted molar refractivity (Wildman–Crippen MR) is 85.8 cm³/mol. The highest BCUT2D eigenvalue weighted by Gasteiger charge is 2.16. The molecule has 0 spiro atoms. The molecule has 4 nitrogen and oxygen atoms in total. The van der Waals surface area contributed by atoms with E-state index in [0.717, 1.165) is 41.3 Å². The summed E-state index contributed by atoms with van der Waals surface area (Å²) in [5.74, 6) is 0.0698. The van der Waals surface area contributed by atoms with Gasteiger partial charge in [-0.2, -0.15) is 0 Å². The number of hydrogen-bond donors (Lipinski definition) is 1. The lowest BCUT2D eigenvalue weighted by atomic mass is 10.3. The van der Waals surface area contributed by atoms with Gasteiger partial charge in [0, 0.05) is 37.1 Å². The van der Waals surface area contributed by atoms with Gasteiger partial charge in [0.2, 0.25) is 5.91 Å². The van der Waals surface area contributed by atoms with Crippen molar-refractivity contribution in [2.24, 2.45) is 0 Å². The molecule has 1 aliphatic heterocycles. The third kappa shape index (κ3) is 4.70. The number of halogens is 1. The minimum atomic E-state index is 0.0698. The number of aliphatic hydroxyl groups is 1. The lowest BCUT2D eigenvalue weighted by Gasteiger charge is -2.20. The van der Waals surface area contributed by atoms with Gasteiger partial charge in [-0.05, 0) is 47.1 Å². The van der Waals surface area contributed by atoms with Crippen molar-refractivity contribution in [3.63, 3.8) is 0 Å². The van der Waals surface area contributed by atoms with Crippen molar-refractivity contribution in [2.45, 2.75) is 6.42 Å². The standard InChI is InChI=1S/C14H19BrN2O2S/c15-13-4-2-12(20-13)3-5-14(19)17-7-1-6-16(8-9-17)10-11-18/h2-5,18H,1,6-11H2. The van der Waals surface area contributed by atoms with Crippen molar-refractivity contribution in [1.82, 2.24) is 9.80 Å². The van der Waals surface area contributed by atoms with Crippen LogP contribution in [0.3, 0.4) is 0 Å². The van der Waals surface area contributed by atoms with Crippen LogP contribution in [-0.4, -0.2) is 60.1 Å². The van der Waals surface area contributed by atoms with Gasteiger partial charge in [-0.15, -0.1) is 11.3 Å². The van der Waals surface area contributed by atoms with Crippen LogP contribution >= 0.6 is 27.3 Å². The second kappa shape index (κ2) is 7.93. The van der Waals surface area contributed by atoms with E-state index in [1.165, 1.54) is 0 Å². The largest absolute Gasteiger partial charge is 0.395 e. The van der Waals surface area contributed by atoms with E-state index < -0.39 is 0 Å². The van der Waals surface area contributed by atoms with Gasteiger partial charge >= 0.3 is 0 Å². The average molecular weight is 359 g/mol. The third-order valence-electron chi connectivity index (χ3n) is 3.30. The number of nitrogens with zero attached hydrogens (tertiary/aromatic N) is 2. The Morgan fingerprint density at radius 3 is 2.90 bits per heavy atom. The topological polar surface area (TPSA) is 43.8 Å². The molecule has 1 aromatic heterocycles. The zero-order valence-electron chi connectivity index (χ0n) is 11.3. The summed E-state index contributed by atoms with van der Waals surface area (Å²) in [5, 5.41) is 8.96. The van der Waals surface area contributed by atoms with Gasteiger partial charge in [0.15, 0.2) is 0 Å². The monoisotopic (exact) mass is 358 g/mol. The van der Waals surface area contributed by atoms with Gasteiger partial charge in [-0.3, -0.25) is 9.69 Å². The first-order chi connectivity index (χ1) is 9.69. The summed E-state index contributed by atoms with van der Waals surface area (Å²) < 4.78 is 1.07. The number of thiophene rings is 1. The summed E-state index contributed by atoms with van der Waals surface area (Å²) in [6.07, 6.45) is 4.48. The van der Waals surface area contributed by atoms with E-state index in [1.807, 2.05) is 23.1 Å². The molecule has 0 aliphatic carbocycles. The molecule has 0 aromatic carbocycles. The van der Waals surface area contributed by atoms with Crippen LogP contribution in [-0.2, 0) is 4.79 Å². The number of amides is 1. The van der Waals surface area contributed by atoms with Crippen LogP contribution in [0, 0.1) is 0 Å². The molecule has 1 saturated heterocycles. The molecule has 1 N–H and O–H groups in total. The Morgan fingerprint density at radius 2 is 2.20 bits per heavy atom. The van der Waals surface area contributed by atoms with Crippen molar-refractivity contribution in [1.29, 1.82) is 0 Å². The SMILES string of the molecule is O=C(C=Cc1ccc(Br)s1)N1CCCN(CCO)CC1. The Balaban J connectivity index is 1.87. The summed E-state index contributed by atoms with van der Waals surface area (Å²) in [5.41, 5.74) is 0. The Labute approximate surface area is 131 Å². The normalized spacial score (nSPS) is 17.6. The van der Waals surface area contributed by atoms with E-state index in [-0.39, 0.29) is 12.5 Å². The number of hydrogen-bond acceptors (Lipinski definition) is 4. The molecule has 0 radical (unpaired) electrons. The Morgan fingerprint density at radius 1 is 1.35 bits per heavy atom. The number of rotatable bonds is 4. The molecule has 0 saturated carbocycles. The molecule has 6 heteroatoms. The molecule has 20 heavy (non-hydrogen) atoms. The number of β-amino-alcohol motifs (C(OH)–C–C–N with tert-alkyl or cyclic N) is 1. The maximum atomic E-state index is 12.2. The quantitative estimate of drug-likeness (QED) is 0.837. The van der Waals surface area contributed by atoms with Gasteiger partial charge in [-0.25, -0.2) is 0 Å². The third-order valence-corrected chi connectivity index (χ3v) is 4.89. The molecule has 0 unspecified atom stereocenters. The van der Waals surface area contributed by atoms with Gasteiger partial charge < -0.3 is 10.0 Å². The molecular formula is C14H19BrN2O2S. The van der Waals surface area contributed by atoms with Gasteiger partial charge in [0.05, 0.1) is 10.4 Å². The van der Waals surface area contributed by atoms with Crippen LogP contribution < -0.4 is 0 Å². The van der Waals surface area contributed by atoms with E-state index in [4.69, 9.17) is 5.11 Å². The zero-order chi connectivity index (χ0) is 14.4. The van der Waals surface area contributed by atoms with E-state index >= 15 is 0 Å². The molecule has 2 rings (SSSR count). The lowest BCUT2D eigenvalue weighted by Crippen LogP contribution is -2.35. The highest BCUT2D eigenvalue weighted by atomic mass is 79.9. The molecule has 110 valence electrons. The summed E-state index contributed by atoms with van der Waals surface area (Å²) in [6, 6.07) is 3.97. The van der Waals surface area contributed by atoms with E-state index in [1.54, 1.807) is 17.4 Å². The van der Waals surface area contributed by atoms with Crippen molar-refractivity contribution in [2.75, 3.05) is 39.3 Å². The van der Waals surface area contributed by atoms with Gasteiger partial charge in [0.1, 0.15) is 0 Å². The molecule has 0 atom stereocenters. The molecule has 1 aromatic rings. The van der Waals surface area contributed by atoms with Crippen molar-refractivity contribution in [3.8, 4) is 0 Å². The number of aliphatic hydroxyl groups excluding tert-OH is 1. The summed E-state index contributed by atoms with van der Waals surface area (Å²) in [6.45, 7) is 4.19. The van der Waals surface area contributed by atoms with Crippen molar-refractivity contribution < 1.29 is 9.90 Å². The molecular weight excluding hydrogens is 340 g/mol. The number of carbonyl (C=O) groups excluding carboxylic acids is 1. The second-order valence-corrected chi connectivity index (χ2v) is 7.21. The fraction of sp³-hybridized carbons (Fsp3) is 0.500. The molecule has 1 amide bonds. The van der Waals surface area contributed by atoms with Crippen molar-refractivity contribution in [3.05, 3.63) is 26.9 Å². The van der Waals surface area contributed by atoms with Crippen LogP contribution in [0.25, 0.3) is 6.08 Å². The van der Waals surface area contributed by atoms with Crippen LogP contribution in [0.2, 0.25) is 0 Å². The summed E-state index contributed by atoms with van der Waals surface area (Å²) >= 11 is 5.02. The lowest BCUT2D eigenvalue weighted by molar-refractivity contribution is -0.125. The van der Waals surface area contributed by atoms with Gasteiger partial charge in [0.25, 0.3) is 0 Å². The van der Waals surface area contributed by atoms with E-state index in [9.17, 15) is 4.79 Å². The highest BCUT2D eigenvalue weighted by Crippen LogP contribution is 2.23. The summed E-state index contributed by atoms with van der Waals surface area (Å²) in [4.78, 5) is 17.3. The first-order valence-electron chi connectivity index (χ1n) is 6.74. The maximum absolute atomic E-state index is 12.2. The summed E-state index contributed by atoms with van der Waals surface area (Å²) in [7, 11) is 0. The fourth-order valence-electron chi connectivity index (χ4n) is 2.23. The Bertz CT molecular complexity index is 475. The maximum Gasteiger partial charge on any atom is 0.246 e. The number of carbonyl (C=O) groups is 1. The average Bonchev–Trinajstić information content (AvgIpc) is 2.71. The van der Waals surface area contributed by atoms with Crippen molar-refractivity contribution >= 4 is 39.2 Å². The molecule has 1 fully saturated rings. The first kappa shape index (κ1) is 15.7. The molecule has 0 bridgehead atoms. The van der Waals surface area contributed by atoms with Crippen LogP contribution in [0.4, 0.5) is 0 Å². The molecule has 1 aliphatic rings. The minimum absolute atomic E-state index is 0.0698. The fourth-order valence-corrected chi connectivity index (χ4v) is 3.56. The van der Waals surface area contributed by atoms with Crippen LogP contribution in [0.5, 0.6) is 0 Å². The Kier molecular flexibility index (Phi) is 6.22. The smallest absolute Gasteiger partial charge is 0.246 e. The van der Waals surface area contributed by atoms with E-state index in [0.29, 0.717) is 6.54 Å².